The number of carbonyl (C=O) groups is 2. The largest absolute Gasteiger partial charge is 0.465 e. The molecule has 0 spiro atoms. The van der Waals surface area contributed by atoms with E-state index in [1.807, 2.05) is 6.92 Å². The number of carbonyl (C=O) groups excluding carboxylic acids is 2. The van der Waals surface area contributed by atoms with Crippen LogP contribution in [0.4, 0.5) is 0 Å². The highest BCUT2D eigenvalue weighted by Gasteiger charge is 2.46. The van der Waals surface area contributed by atoms with Gasteiger partial charge in [-0.15, -0.1) is 0 Å². The average Bonchev–Trinajstić information content (AvgIpc) is 2.40. The zero-order chi connectivity index (χ0) is 14.7. The van der Waals surface area contributed by atoms with E-state index in [2.05, 4.69) is 6.92 Å². The first-order valence-corrected chi connectivity index (χ1v) is 7.43. The van der Waals surface area contributed by atoms with Crippen LogP contribution in [0.3, 0.4) is 0 Å². The van der Waals surface area contributed by atoms with Gasteiger partial charge < -0.3 is 9.47 Å². The second-order valence-electron chi connectivity index (χ2n) is 4.69. The van der Waals surface area contributed by atoms with Crippen LogP contribution in [-0.4, -0.2) is 25.2 Å². The predicted octanol–water partition coefficient (Wildman–Crippen LogP) is 3.48. The Labute approximate surface area is 116 Å². The minimum absolute atomic E-state index is 0.287. The van der Waals surface area contributed by atoms with Crippen LogP contribution in [0.1, 0.15) is 66.2 Å². The summed E-state index contributed by atoms with van der Waals surface area (Å²) in [5, 5.41) is 0. The van der Waals surface area contributed by atoms with Gasteiger partial charge >= 0.3 is 11.9 Å². The molecule has 0 rings (SSSR count). The maximum absolute atomic E-state index is 12.2. The standard InChI is InChI=1S/C15H28O4/c1-5-9-10-11-12-15(6-2,13(16)18-7-3)14(17)19-8-4/h5-12H2,1-4H3. The summed E-state index contributed by atoms with van der Waals surface area (Å²) in [7, 11) is 0. The summed E-state index contributed by atoms with van der Waals surface area (Å²) in [6.07, 6.45) is 5.05. The second-order valence-corrected chi connectivity index (χ2v) is 4.69. The van der Waals surface area contributed by atoms with Crippen molar-refractivity contribution in [1.82, 2.24) is 0 Å². The zero-order valence-electron chi connectivity index (χ0n) is 12.8. The Bertz CT molecular complexity index is 255. The van der Waals surface area contributed by atoms with Gasteiger partial charge in [-0.05, 0) is 26.7 Å². The van der Waals surface area contributed by atoms with Crippen molar-refractivity contribution in [3.05, 3.63) is 0 Å². The van der Waals surface area contributed by atoms with Gasteiger partial charge in [0.25, 0.3) is 0 Å². The maximum atomic E-state index is 12.2. The van der Waals surface area contributed by atoms with E-state index in [1.54, 1.807) is 13.8 Å². The maximum Gasteiger partial charge on any atom is 0.323 e. The third-order valence-corrected chi connectivity index (χ3v) is 3.39. The van der Waals surface area contributed by atoms with Gasteiger partial charge in [-0.3, -0.25) is 9.59 Å². The first-order valence-electron chi connectivity index (χ1n) is 7.43. The number of hydrogen-bond acceptors (Lipinski definition) is 4. The predicted molar refractivity (Wildman–Crippen MR) is 74.7 cm³/mol. The van der Waals surface area contributed by atoms with Crippen molar-refractivity contribution in [2.45, 2.75) is 66.2 Å². The lowest BCUT2D eigenvalue weighted by atomic mass is 9.80. The van der Waals surface area contributed by atoms with E-state index in [0.29, 0.717) is 12.8 Å². The lowest BCUT2D eigenvalue weighted by Gasteiger charge is -2.27. The highest BCUT2D eigenvalue weighted by Crippen LogP contribution is 2.32. The minimum Gasteiger partial charge on any atom is -0.465 e. The third-order valence-electron chi connectivity index (χ3n) is 3.39. The van der Waals surface area contributed by atoms with Crippen molar-refractivity contribution < 1.29 is 19.1 Å². The topological polar surface area (TPSA) is 52.6 Å². The molecule has 0 N–H and O–H groups in total. The molecular formula is C15H28O4. The molecule has 0 fully saturated rings. The van der Waals surface area contributed by atoms with E-state index in [1.165, 1.54) is 0 Å². The second kappa shape index (κ2) is 9.82. The zero-order valence-corrected chi connectivity index (χ0v) is 12.8. The van der Waals surface area contributed by atoms with Crippen molar-refractivity contribution >= 4 is 11.9 Å². The minimum atomic E-state index is -1.11. The van der Waals surface area contributed by atoms with Crippen LogP contribution in [0.5, 0.6) is 0 Å². The lowest BCUT2D eigenvalue weighted by molar-refractivity contribution is -0.173. The number of hydrogen-bond donors (Lipinski definition) is 0. The van der Waals surface area contributed by atoms with Crippen molar-refractivity contribution in [3.63, 3.8) is 0 Å². The monoisotopic (exact) mass is 272 g/mol. The molecule has 0 aliphatic rings. The Morgan fingerprint density at radius 1 is 0.842 bits per heavy atom. The van der Waals surface area contributed by atoms with E-state index in [0.717, 1.165) is 25.7 Å². The van der Waals surface area contributed by atoms with Crippen molar-refractivity contribution in [2.24, 2.45) is 5.41 Å². The van der Waals surface area contributed by atoms with E-state index >= 15 is 0 Å². The summed E-state index contributed by atoms with van der Waals surface area (Å²) in [4.78, 5) is 24.3. The highest BCUT2D eigenvalue weighted by atomic mass is 16.6. The summed E-state index contributed by atoms with van der Waals surface area (Å²) in [6.45, 7) is 8.04. The van der Waals surface area contributed by atoms with Crippen LogP contribution in [0.2, 0.25) is 0 Å². The molecule has 112 valence electrons. The molecule has 4 nitrogen and oxygen atoms in total. The van der Waals surface area contributed by atoms with Gasteiger partial charge in [-0.2, -0.15) is 0 Å². The Morgan fingerprint density at radius 3 is 1.74 bits per heavy atom. The number of esters is 2. The molecular weight excluding hydrogens is 244 g/mol. The number of rotatable bonds is 10. The quantitative estimate of drug-likeness (QED) is 0.347. The SMILES string of the molecule is CCCCCCC(CC)(C(=O)OCC)C(=O)OCC. The molecule has 0 aliphatic carbocycles. The summed E-state index contributed by atoms with van der Waals surface area (Å²) in [5.41, 5.74) is -1.11. The lowest BCUT2D eigenvalue weighted by Crippen LogP contribution is -2.41. The summed E-state index contributed by atoms with van der Waals surface area (Å²) in [6, 6.07) is 0. The first-order chi connectivity index (χ1) is 9.08. The first kappa shape index (κ1) is 17.9. The fraction of sp³-hybridized carbons (Fsp3) is 0.867. The number of ether oxygens (including phenoxy) is 2. The molecule has 0 amide bonds. The fourth-order valence-electron chi connectivity index (χ4n) is 2.14. The van der Waals surface area contributed by atoms with Gasteiger partial charge in [0, 0.05) is 0 Å². The van der Waals surface area contributed by atoms with Crippen LogP contribution in [0.15, 0.2) is 0 Å². The van der Waals surface area contributed by atoms with Gasteiger partial charge in [-0.1, -0.05) is 39.5 Å². The Hall–Kier alpha value is -1.06. The van der Waals surface area contributed by atoms with E-state index in [4.69, 9.17) is 9.47 Å². The smallest absolute Gasteiger partial charge is 0.323 e. The van der Waals surface area contributed by atoms with Crippen molar-refractivity contribution in [1.29, 1.82) is 0 Å². The summed E-state index contributed by atoms with van der Waals surface area (Å²) in [5.74, 6) is -0.875. The molecule has 0 bridgehead atoms. The molecule has 0 saturated carbocycles. The molecule has 0 atom stereocenters. The molecule has 19 heavy (non-hydrogen) atoms. The van der Waals surface area contributed by atoms with Gasteiger partial charge in [0.1, 0.15) is 0 Å². The van der Waals surface area contributed by atoms with Crippen LogP contribution >= 0.6 is 0 Å². The normalized spacial score (nSPS) is 11.2. The molecule has 4 heteroatoms. The third kappa shape index (κ3) is 5.21. The molecule has 0 aromatic heterocycles. The van der Waals surface area contributed by atoms with E-state index in [-0.39, 0.29) is 13.2 Å². The van der Waals surface area contributed by atoms with Crippen LogP contribution in [-0.2, 0) is 19.1 Å². The van der Waals surface area contributed by atoms with Crippen molar-refractivity contribution in [2.75, 3.05) is 13.2 Å². The highest BCUT2D eigenvalue weighted by molar-refractivity contribution is 6.00. The molecule has 0 heterocycles. The van der Waals surface area contributed by atoms with Gasteiger partial charge in [0.05, 0.1) is 13.2 Å². The van der Waals surface area contributed by atoms with Gasteiger partial charge in [-0.25, -0.2) is 0 Å². The van der Waals surface area contributed by atoms with E-state index in [9.17, 15) is 9.59 Å². The van der Waals surface area contributed by atoms with Gasteiger partial charge in [0.2, 0.25) is 0 Å². The summed E-state index contributed by atoms with van der Waals surface area (Å²) >= 11 is 0. The molecule has 0 aromatic rings. The molecule has 0 saturated heterocycles. The summed E-state index contributed by atoms with van der Waals surface area (Å²) < 4.78 is 10.2. The van der Waals surface area contributed by atoms with Crippen LogP contribution in [0, 0.1) is 5.41 Å². The number of unbranched alkanes of at least 4 members (excludes halogenated alkanes) is 3. The van der Waals surface area contributed by atoms with Crippen molar-refractivity contribution in [3.8, 4) is 0 Å². The Morgan fingerprint density at radius 2 is 1.37 bits per heavy atom. The molecule has 0 unspecified atom stereocenters. The van der Waals surface area contributed by atoms with Crippen LogP contribution in [0.25, 0.3) is 0 Å². The Kier molecular flexibility index (Phi) is 9.27. The molecule has 0 aliphatic heterocycles. The molecule has 0 aromatic carbocycles. The molecule has 0 radical (unpaired) electrons. The Balaban J connectivity index is 4.84. The fourth-order valence-corrected chi connectivity index (χ4v) is 2.14. The van der Waals surface area contributed by atoms with Crippen LogP contribution < -0.4 is 0 Å². The average molecular weight is 272 g/mol. The van der Waals surface area contributed by atoms with Gasteiger partial charge in [0.15, 0.2) is 5.41 Å². The van der Waals surface area contributed by atoms with E-state index < -0.39 is 17.4 Å².